The summed E-state index contributed by atoms with van der Waals surface area (Å²) in [6.45, 7) is 4.27. The molecule has 0 spiro atoms. The van der Waals surface area contributed by atoms with Crippen LogP contribution in [0.15, 0.2) is 18.2 Å². The van der Waals surface area contributed by atoms with Crippen LogP contribution < -0.4 is 10.1 Å². The smallest absolute Gasteiger partial charge is 0.122 e. The van der Waals surface area contributed by atoms with Gasteiger partial charge in [-0.25, -0.2) is 0 Å². The van der Waals surface area contributed by atoms with Gasteiger partial charge >= 0.3 is 0 Å². The van der Waals surface area contributed by atoms with Crippen molar-refractivity contribution in [3.8, 4) is 5.75 Å². The molecule has 1 aliphatic carbocycles. The number of hydrogen-bond donors (Lipinski definition) is 1. The van der Waals surface area contributed by atoms with Crippen molar-refractivity contribution in [2.24, 2.45) is 0 Å². The topological polar surface area (TPSA) is 21.3 Å². The molecule has 0 aromatic heterocycles. The normalized spacial score (nSPS) is 20.1. The van der Waals surface area contributed by atoms with Gasteiger partial charge in [-0.1, -0.05) is 19.1 Å². The van der Waals surface area contributed by atoms with Crippen LogP contribution in [0.5, 0.6) is 5.75 Å². The van der Waals surface area contributed by atoms with Crippen molar-refractivity contribution < 1.29 is 4.74 Å². The van der Waals surface area contributed by atoms with Crippen molar-refractivity contribution in [1.82, 2.24) is 5.32 Å². The Kier molecular flexibility index (Phi) is 3.29. The predicted molar refractivity (Wildman–Crippen MR) is 74.2 cm³/mol. The third-order valence-electron chi connectivity index (χ3n) is 4.65. The summed E-state index contributed by atoms with van der Waals surface area (Å²) in [7, 11) is 0. The Balaban J connectivity index is 1.54. The summed E-state index contributed by atoms with van der Waals surface area (Å²) < 4.78 is 5.54. The first-order valence-electron chi connectivity index (χ1n) is 7.31. The SMILES string of the molecule is CCC1(NCCc2ccc3c(c2)CCO3)CCC1. The Labute approximate surface area is 110 Å². The summed E-state index contributed by atoms with van der Waals surface area (Å²) in [6, 6.07) is 6.67. The zero-order chi connectivity index (χ0) is 12.4. The lowest BCUT2D eigenvalue weighted by molar-refractivity contribution is 0.179. The number of rotatable bonds is 5. The molecule has 2 aliphatic rings. The van der Waals surface area contributed by atoms with Crippen LogP contribution >= 0.6 is 0 Å². The van der Waals surface area contributed by atoms with E-state index in [2.05, 4.69) is 30.4 Å². The first kappa shape index (κ1) is 12.0. The van der Waals surface area contributed by atoms with Crippen LogP contribution in [-0.4, -0.2) is 18.7 Å². The molecule has 0 atom stereocenters. The van der Waals surface area contributed by atoms with Gasteiger partial charge in [-0.15, -0.1) is 0 Å². The zero-order valence-electron chi connectivity index (χ0n) is 11.3. The fourth-order valence-corrected chi connectivity index (χ4v) is 3.13. The van der Waals surface area contributed by atoms with Gasteiger partial charge in [0, 0.05) is 12.0 Å². The Hall–Kier alpha value is -1.02. The molecule has 0 unspecified atom stereocenters. The van der Waals surface area contributed by atoms with Crippen molar-refractivity contribution in [3.63, 3.8) is 0 Å². The standard InChI is InChI=1S/C16H23NO/c1-2-16(8-3-9-16)17-10-6-13-4-5-15-14(12-13)7-11-18-15/h4-5,12,17H,2-3,6-11H2,1H3. The molecule has 1 N–H and O–H groups in total. The lowest BCUT2D eigenvalue weighted by Crippen LogP contribution is -2.51. The van der Waals surface area contributed by atoms with Gasteiger partial charge in [0.05, 0.1) is 6.61 Å². The minimum Gasteiger partial charge on any atom is -0.493 e. The van der Waals surface area contributed by atoms with E-state index in [0.29, 0.717) is 5.54 Å². The van der Waals surface area contributed by atoms with Crippen molar-refractivity contribution in [3.05, 3.63) is 29.3 Å². The van der Waals surface area contributed by atoms with E-state index in [9.17, 15) is 0 Å². The molecule has 2 nitrogen and oxygen atoms in total. The van der Waals surface area contributed by atoms with E-state index < -0.39 is 0 Å². The molecular weight excluding hydrogens is 222 g/mol. The maximum Gasteiger partial charge on any atom is 0.122 e. The highest BCUT2D eigenvalue weighted by Crippen LogP contribution is 2.34. The first-order valence-corrected chi connectivity index (χ1v) is 7.31. The lowest BCUT2D eigenvalue weighted by atomic mass is 9.75. The van der Waals surface area contributed by atoms with Crippen molar-refractivity contribution in [2.75, 3.05) is 13.2 Å². The highest BCUT2D eigenvalue weighted by molar-refractivity contribution is 5.39. The van der Waals surface area contributed by atoms with Gasteiger partial charge in [0.1, 0.15) is 5.75 Å². The fourth-order valence-electron chi connectivity index (χ4n) is 3.13. The molecular formula is C16H23NO. The van der Waals surface area contributed by atoms with Crippen LogP contribution in [0.25, 0.3) is 0 Å². The van der Waals surface area contributed by atoms with Crippen LogP contribution in [0.4, 0.5) is 0 Å². The molecule has 1 fully saturated rings. The Morgan fingerprint density at radius 1 is 1.33 bits per heavy atom. The summed E-state index contributed by atoms with van der Waals surface area (Å²) in [5, 5.41) is 3.77. The zero-order valence-corrected chi connectivity index (χ0v) is 11.3. The van der Waals surface area contributed by atoms with Gasteiger partial charge in [0.2, 0.25) is 0 Å². The molecule has 3 rings (SSSR count). The number of hydrogen-bond acceptors (Lipinski definition) is 2. The van der Waals surface area contributed by atoms with Gasteiger partial charge in [-0.05, 0) is 55.8 Å². The van der Waals surface area contributed by atoms with E-state index in [4.69, 9.17) is 4.74 Å². The van der Waals surface area contributed by atoms with E-state index in [1.165, 1.54) is 36.8 Å². The summed E-state index contributed by atoms with van der Waals surface area (Å²) >= 11 is 0. The van der Waals surface area contributed by atoms with Crippen LogP contribution in [0.2, 0.25) is 0 Å². The van der Waals surface area contributed by atoms with Crippen LogP contribution in [-0.2, 0) is 12.8 Å². The number of benzene rings is 1. The summed E-state index contributed by atoms with van der Waals surface area (Å²) in [6.07, 6.45) is 7.61. The van der Waals surface area contributed by atoms with Crippen molar-refractivity contribution in [1.29, 1.82) is 0 Å². The molecule has 0 saturated heterocycles. The molecule has 0 amide bonds. The van der Waals surface area contributed by atoms with Gasteiger partial charge in [0.15, 0.2) is 0 Å². The second kappa shape index (κ2) is 4.93. The molecule has 1 aromatic rings. The average molecular weight is 245 g/mol. The molecule has 18 heavy (non-hydrogen) atoms. The number of ether oxygens (including phenoxy) is 1. The van der Waals surface area contributed by atoms with Gasteiger partial charge in [-0.2, -0.15) is 0 Å². The Bertz CT molecular complexity index is 418. The molecule has 0 bridgehead atoms. The highest BCUT2D eigenvalue weighted by atomic mass is 16.5. The largest absolute Gasteiger partial charge is 0.493 e. The van der Waals surface area contributed by atoms with Crippen LogP contribution in [0.1, 0.15) is 43.7 Å². The van der Waals surface area contributed by atoms with Crippen LogP contribution in [0, 0.1) is 0 Å². The van der Waals surface area contributed by atoms with Gasteiger partial charge in [0.25, 0.3) is 0 Å². The minimum atomic E-state index is 0.472. The number of fused-ring (bicyclic) bond motifs is 1. The van der Waals surface area contributed by atoms with E-state index in [1.54, 1.807) is 0 Å². The molecule has 98 valence electrons. The molecule has 2 heteroatoms. The van der Waals surface area contributed by atoms with E-state index in [1.807, 2.05) is 0 Å². The summed E-state index contributed by atoms with van der Waals surface area (Å²) in [4.78, 5) is 0. The molecule has 1 aliphatic heterocycles. The highest BCUT2D eigenvalue weighted by Gasteiger charge is 2.33. The predicted octanol–water partition coefficient (Wildman–Crippen LogP) is 3.09. The van der Waals surface area contributed by atoms with Crippen LogP contribution in [0.3, 0.4) is 0 Å². The third-order valence-corrected chi connectivity index (χ3v) is 4.65. The molecule has 1 heterocycles. The van der Waals surface area contributed by atoms with Crippen molar-refractivity contribution >= 4 is 0 Å². The second-order valence-electron chi connectivity index (χ2n) is 5.70. The second-order valence-corrected chi connectivity index (χ2v) is 5.70. The third kappa shape index (κ3) is 2.26. The molecule has 1 aromatic carbocycles. The maximum atomic E-state index is 5.54. The molecule has 0 radical (unpaired) electrons. The lowest BCUT2D eigenvalue weighted by Gasteiger charge is -2.42. The minimum absolute atomic E-state index is 0.472. The summed E-state index contributed by atoms with van der Waals surface area (Å²) in [5.41, 5.74) is 3.30. The Morgan fingerprint density at radius 3 is 2.94 bits per heavy atom. The fraction of sp³-hybridized carbons (Fsp3) is 0.625. The van der Waals surface area contributed by atoms with E-state index in [0.717, 1.165) is 31.7 Å². The first-order chi connectivity index (χ1) is 8.81. The summed E-state index contributed by atoms with van der Waals surface area (Å²) in [5.74, 6) is 1.09. The van der Waals surface area contributed by atoms with Crippen molar-refractivity contribution in [2.45, 2.75) is 51.0 Å². The van der Waals surface area contributed by atoms with Gasteiger partial charge in [-0.3, -0.25) is 0 Å². The average Bonchev–Trinajstić information content (AvgIpc) is 2.80. The maximum absolute atomic E-state index is 5.54. The molecule has 1 saturated carbocycles. The van der Waals surface area contributed by atoms with Gasteiger partial charge < -0.3 is 10.1 Å². The van der Waals surface area contributed by atoms with E-state index in [-0.39, 0.29) is 0 Å². The van der Waals surface area contributed by atoms with E-state index >= 15 is 0 Å². The quantitative estimate of drug-likeness (QED) is 0.860. The Morgan fingerprint density at radius 2 is 2.22 bits per heavy atom. The monoisotopic (exact) mass is 245 g/mol. The number of nitrogens with one attached hydrogen (secondary N) is 1.